The zero-order valence-corrected chi connectivity index (χ0v) is 13.8. The van der Waals surface area contributed by atoms with Gasteiger partial charge < -0.3 is 20.0 Å². The van der Waals surface area contributed by atoms with E-state index in [2.05, 4.69) is 32.0 Å². The lowest BCUT2D eigenvalue weighted by molar-refractivity contribution is 0.140. The number of piperidine rings is 1. The Balaban J connectivity index is 1.51. The van der Waals surface area contributed by atoms with Crippen LogP contribution in [0, 0.1) is 0 Å². The van der Waals surface area contributed by atoms with E-state index in [1.54, 1.807) is 12.4 Å². The lowest BCUT2D eigenvalue weighted by atomic mass is 10.1. The number of likely N-dealkylation sites (N-methyl/N-ethyl adjacent to an activating group) is 1. The number of anilines is 1. The highest BCUT2D eigenvalue weighted by molar-refractivity contribution is 5.74. The Bertz CT molecular complexity index is 503. The van der Waals surface area contributed by atoms with Crippen LogP contribution in [0.4, 0.5) is 10.7 Å². The smallest absolute Gasteiger partial charge is 0.317 e. The molecule has 23 heavy (non-hydrogen) atoms. The van der Waals surface area contributed by atoms with Crippen LogP contribution in [0.3, 0.4) is 0 Å². The molecule has 0 unspecified atom stereocenters. The summed E-state index contributed by atoms with van der Waals surface area (Å²) in [5.74, 6) is 0.753. The Morgan fingerprint density at radius 1 is 1.22 bits per heavy atom. The van der Waals surface area contributed by atoms with E-state index in [0.29, 0.717) is 0 Å². The van der Waals surface area contributed by atoms with Crippen LogP contribution in [-0.2, 0) is 0 Å². The van der Waals surface area contributed by atoms with E-state index in [1.807, 2.05) is 11.0 Å². The molecular weight excluding hydrogens is 292 g/mol. The highest BCUT2D eigenvalue weighted by Gasteiger charge is 2.26. The van der Waals surface area contributed by atoms with Crippen LogP contribution >= 0.6 is 0 Å². The fourth-order valence-corrected chi connectivity index (χ4v) is 3.26. The van der Waals surface area contributed by atoms with E-state index < -0.39 is 0 Å². The van der Waals surface area contributed by atoms with Gasteiger partial charge in [0.1, 0.15) is 0 Å². The quantitative estimate of drug-likeness (QED) is 0.893. The van der Waals surface area contributed by atoms with Crippen molar-refractivity contribution in [3.63, 3.8) is 0 Å². The number of amides is 2. The molecule has 3 heterocycles. The predicted molar refractivity (Wildman–Crippen MR) is 89.5 cm³/mol. The zero-order chi connectivity index (χ0) is 16.1. The number of piperazine rings is 1. The van der Waals surface area contributed by atoms with Crippen molar-refractivity contribution in [1.29, 1.82) is 0 Å². The molecule has 0 radical (unpaired) electrons. The molecule has 0 saturated carbocycles. The fraction of sp³-hybridized carbons (Fsp3) is 0.688. The van der Waals surface area contributed by atoms with Crippen LogP contribution in [0.2, 0.25) is 0 Å². The SMILES string of the molecule is CCN1CCN(C(=O)N[C@H]2CCCN(c3ncccn3)C2)CC1. The van der Waals surface area contributed by atoms with Gasteiger partial charge in [0.15, 0.2) is 0 Å². The maximum Gasteiger partial charge on any atom is 0.317 e. The summed E-state index contributed by atoms with van der Waals surface area (Å²) in [6.45, 7) is 8.53. The summed E-state index contributed by atoms with van der Waals surface area (Å²) in [5.41, 5.74) is 0. The van der Waals surface area contributed by atoms with E-state index in [4.69, 9.17) is 0 Å². The monoisotopic (exact) mass is 318 g/mol. The average molecular weight is 318 g/mol. The first kappa shape index (κ1) is 16.0. The predicted octanol–water partition coefficient (Wildman–Crippen LogP) is 0.793. The minimum Gasteiger partial charge on any atom is -0.339 e. The van der Waals surface area contributed by atoms with Gasteiger partial charge in [-0.2, -0.15) is 0 Å². The molecule has 1 N–H and O–H groups in total. The van der Waals surface area contributed by atoms with Gasteiger partial charge in [0.25, 0.3) is 0 Å². The molecule has 3 rings (SSSR count). The molecule has 2 amide bonds. The molecule has 2 aliphatic heterocycles. The van der Waals surface area contributed by atoms with Crippen molar-refractivity contribution in [2.75, 3.05) is 50.7 Å². The second-order valence-electron chi connectivity index (χ2n) is 6.20. The molecule has 2 aliphatic rings. The molecule has 1 aromatic rings. The molecular formula is C16H26N6O. The minimum atomic E-state index is 0.0709. The molecule has 2 saturated heterocycles. The maximum atomic E-state index is 12.5. The molecule has 0 bridgehead atoms. The second-order valence-corrected chi connectivity index (χ2v) is 6.20. The van der Waals surface area contributed by atoms with Crippen molar-refractivity contribution >= 4 is 12.0 Å². The van der Waals surface area contributed by atoms with Crippen LogP contribution in [0.25, 0.3) is 0 Å². The Morgan fingerprint density at radius 2 is 1.96 bits per heavy atom. The van der Waals surface area contributed by atoms with Crippen LogP contribution in [0.5, 0.6) is 0 Å². The highest BCUT2D eigenvalue weighted by Crippen LogP contribution is 2.15. The number of hydrogen-bond acceptors (Lipinski definition) is 5. The number of hydrogen-bond donors (Lipinski definition) is 1. The van der Waals surface area contributed by atoms with Crippen LogP contribution in [0.15, 0.2) is 18.5 Å². The topological polar surface area (TPSA) is 64.6 Å². The standard InChI is InChI=1S/C16H26N6O/c1-2-20-9-11-21(12-10-20)16(23)19-14-5-3-8-22(13-14)15-17-6-4-7-18-15/h4,6-7,14H,2-3,5,8-13H2,1H3,(H,19,23)/t14-/m0/s1. The maximum absolute atomic E-state index is 12.5. The van der Waals surface area contributed by atoms with Gasteiger partial charge in [0, 0.05) is 57.7 Å². The van der Waals surface area contributed by atoms with E-state index in [-0.39, 0.29) is 12.1 Å². The summed E-state index contributed by atoms with van der Waals surface area (Å²) in [7, 11) is 0. The normalized spacial score (nSPS) is 22.9. The molecule has 0 aromatic carbocycles. The number of aromatic nitrogens is 2. The molecule has 0 spiro atoms. The van der Waals surface area contributed by atoms with Crippen LogP contribution in [-0.4, -0.2) is 77.7 Å². The third-order valence-electron chi connectivity index (χ3n) is 4.69. The molecule has 7 nitrogen and oxygen atoms in total. The van der Waals surface area contributed by atoms with Crippen LogP contribution in [0.1, 0.15) is 19.8 Å². The van der Waals surface area contributed by atoms with E-state index in [0.717, 1.165) is 64.6 Å². The summed E-state index contributed by atoms with van der Waals surface area (Å²) in [6.07, 6.45) is 5.59. The Hall–Kier alpha value is -1.89. The van der Waals surface area contributed by atoms with Crippen LogP contribution < -0.4 is 10.2 Å². The summed E-state index contributed by atoms with van der Waals surface area (Å²) in [5, 5.41) is 3.19. The molecule has 0 aliphatic carbocycles. The van der Waals surface area contributed by atoms with Gasteiger partial charge in [-0.25, -0.2) is 14.8 Å². The van der Waals surface area contributed by atoms with Gasteiger partial charge in [-0.1, -0.05) is 6.92 Å². The van der Waals surface area contributed by atoms with Gasteiger partial charge in [-0.15, -0.1) is 0 Å². The molecule has 126 valence electrons. The zero-order valence-electron chi connectivity index (χ0n) is 13.8. The van der Waals surface area contributed by atoms with Crippen molar-refractivity contribution in [1.82, 2.24) is 25.1 Å². The first-order chi connectivity index (χ1) is 11.3. The summed E-state index contributed by atoms with van der Waals surface area (Å²) in [4.78, 5) is 27.5. The van der Waals surface area contributed by atoms with Gasteiger partial charge in [-0.05, 0) is 25.5 Å². The van der Waals surface area contributed by atoms with E-state index >= 15 is 0 Å². The number of nitrogens with zero attached hydrogens (tertiary/aromatic N) is 5. The molecule has 7 heteroatoms. The fourth-order valence-electron chi connectivity index (χ4n) is 3.26. The average Bonchev–Trinajstić information content (AvgIpc) is 2.63. The number of carbonyl (C=O) groups excluding carboxylic acids is 1. The summed E-state index contributed by atoms with van der Waals surface area (Å²) in [6, 6.07) is 2.06. The molecule has 1 aromatic heterocycles. The van der Waals surface area contributed by atoms with E-state index in [1.165, 1.54) is 0 Å². The number of urea groups is 1. The van der Waals surface area contributed by atoms with Crippen molar-refractivity contribution < 1.29 is 4.79 Å². The minimum absolute atomic E-state index is 0.0709. The Labute approximate surface area is 137 Å². The third-order valence-corrected chi connectivity index (χ3v) is 4.69. The van der Waals surface area contributed by atoms with Gasteiger partial charge in [0.05, 0.1) is 0 Å². The Kier molecular flexibility index (Phi) is 5.27. The number of carbonyl (C=O) groups is 1. The first-order valence-corrected chi connectivity index (χ1v) is 8.56. The van der Waals surface area contributed by atoms with Crippen molar-refractivity contribution in [3.8, 4) is 0 Å². The summed E-state index contributed by atoms with van der Waals surface area (Å²) < 4.78 is 0. The van der Waals surface area contributed by atoms with Crippen molar-refractivity contribution in [2.45, 2.75) is 25.8 Å². The largest absolute Gasteiger partial charge is 0.339 e. The van der Waals surface area contributed by atoms with Crippen molar-refractivity contribution in [3.05, 3.63) is 18.5 Å². The van der Waals surface area contributed by atoms with Crippen molar-refractivity contribution in [2.24, 2.45) is 0 Å². The lowest BCUT2D eigenvalue weighted by Gasteiger charge is -2.37. The van der Waals surface area contributed by atoms with Gasteiger partial charge in [0.2, 0.25) is 5.95 Å². The lowest BCUT2D eigenvalue weighted by Crippen LogP contribution is -2.56. The van der Waals surface area contributed by atoms with Gasteiger partial charge >= 0.3 is 6.03 Å². The first-order valence-electron chi connectivity index (χ1n) is 8.56. The molecule has 2 fully saturated rings. The third kappa shape index (κ3) is 4.10. The number of nitrogens with one attached hydrogen (secondary N) is 1. The summed E-state index contributed by atoms with van der Waals surface area (Å²) >= 11 is 0. The Morgan fingerprint density at radius 3 is 2.65 bits per heavy atom. The van der Waals surface area contributed by atoms with E-state index in [9.17, 15) is 4.79 Å². The second kappa shape index (κ2) is 7.59. The highest BCUT2D eigenvalue weighted by atomic mass is 16.2. The van der Waals surface area contributed by atoms with Gasteiger partial charge in [-0.3, -0.25) is 0 Å². The molecule has 1 atom stereocenters. The number of rotatable bonds is 3.